The number of carbonyl (C=O) groups is 12. The molecule has 4 atom stereocenters. The maximum absolute atomic E-state index is 12.9. The Kier molecular flexibility index (Phi) is 35.5. The third kappa shape index (κ3) is 23.0. The molecule has 6 aromatic carbocycles. The van der Waals surface area contributed by atoms with Crippen molar-refractivity contribution in [2.24, 2.45) is 23.3 Å². The summed E-state index contributed by atoms with van der Waals surface area (Å²) in [7, 11) is 2.79. The Hall–Kier alpha value is -11.0. The van der Waals surface area contributed by atoms with Gasteiger partial charge in [-0.15, -0.1) is 0 Å². The van der Waals surface area contributed by atoms with E-state index in [9.17, 15) is 67.7 Å². The predicted molar refractivity (Wildman–Crippen MR) is 389 cm³/mol. The number of nitrogens with one attached hydrogen (secondary N) is 2. The largest absolute Gasteiger partial charge is 0.478 e. The van der Waals surface area contributed by atoms with Gasteiger partial charge in [0.1, 0.15) is 34.5 Å². The van der Waals surface area contributed by atoms with Gasteiger partial charge < -0.3 is 70.2 Å². The van der Waals surface area contributed by atoms with Crippen LogP contribution in [0.25, 0.3) is 0 Å². The summed E-state index contributed by atoms with van der Waals surface area (Å²) >= 11 is 0. The molecule has 28 nitrogen and oxygen atoms in total. The fourth-order valence-corrected chi connectivity index (χ4v) is 9.64. The normalized spacial score (nSPS) is 13.6. The van der Waals surface area contributed by atoms with Crippen molar-refractivity contribution in [3.63, 3.8) is 0 Å². The molecule has 0 saturated heterocycles. The third-order valence-corrected chi connectivity index (χ3v) is 14.3. The topological polar surface area (TPSA) is 402 Å². The van der Waals surface area contributed by atoms with E-state index >= 15 is 0 Å². The van der Waals surface area contributed by atoms with E-state index in [0.29, 0.717) is 60.9 Å². The van der Waals surface area contributed by atoms with Crippen LogP contribution in [0.3, 0.4) is 0 Å². The Morgan fingerprint density at radius 3 is 1.12 bits per heavy atom. The average Bonchev–Trinajstić information content (AvgIpc) is 1.62. The van der Waals surface area contributed by atoms with Crippen LogP contribution in [-0.2, 0) is 23.7 Å². The van der Waals surface area contributed by atoms with Crippen LogP contribution in [0.5, 0.6) is 34.5 Å². The maximum Gasteiger partial charge on any atom is 0.347 e. The van der Waals surface area contributed by atoms with Crippen LogP contribution in [0.4, 0.5) is 0 Å². The van der Waals surface area contributed by atoms with Gasteiger partial charge in [0, 0.05) is 45.4 Å². The van der Waals surface area contributed by atoms with E-state index in [1.54, 1.807) is 32.0 Å². The fourth-order valence-electron chi connectivity index (χ4n) is 9.64. The highest BCUT2D eigenvalue weighted by Gasteiger charge is 2.40. The molecule has 0 fully saturated rings. The molecule has 4 unspecified atom stereocenters. The molecule has 4 aliphatic heterocycles. The number of imide groups is 2. The summed E-state index contributed by atoms with van der Waals surface area (Å²) in [4.78, 5) is 146. The second kappa shape index (κ2) is 40.6. The Bertz CT molecular complexity index is 4040. The highest BCUT2D eigenvalue weighted by molar-refractivity contribution is 6.22. The van der Waals surface area contributed by atoms with Crippen LogP contribution >= 0.6 is 0 Å². The number of cyclic esters (lactones) is 4. The maximum atomic E-state index is 12.9. The summed E-state index contributed by atoms with van der Waals surface area (Å²) in [6.07, 6.45) is 0. The van der Waals surface area contributed by atoms with Gasteiger partial charge >= 0.3 is 35.8 Å². The molecule has 0 aromatic heterocycles. The zero-order valence-electron chi connectivity index (χ0n) is 55.2. The van der Waals surface area contributed by atoms with Crippen molar-refractivity contribution in [2.45, 2.75) is 124 Å². The van der Waals surface area contributed by atoms with Gasteiger partial charge in [-0.2, -0.15) is 0 Å². The van der Waals surface area contributed by atoms with Gasteiger partial charge in [-0.3, -0.25) is 38.6 Å². The fraction of sp³-hybridized carbons (Fsp3) is 0.368. The third-order valence-electron chi connectivity index (χ3n) is 14.3. The highest BCUT2D eigenvalue weighted by Crippen LogP contribution is 2.35. The molecule has 0 aliphatic carbocycles. The van der Waals surface area contributed by atoms with E-state index in [4.69, 9.17) is 39.9 Å². The van der Waals surface area contributed by atoms with Gasteiger partial charge in [-0.1, -0.05) is 72.3 Å². The molecule has 8 N–H and O–H groups in total. The number of ether oxygens (including phenoxy) is 8. The van der Waals surface area contributed by atoms with Crippen molar-refractivity contribution in [2.75, 3.05) is 53.7 Å². The smallest absolute Gasteiger partial charge is 0.347 e. The number of fused-ring (bicyclic) bond motifs is 4. The number of carbonyl (C=O) groups excluding carboxylic acids is 10. The van der Waals surface area contributed by atoms with Crippen molar-refractivity contribution in [1.82, 2.24) is 20.4 Å². The first-order chi connectivity index (χ1) is 46.4. The lowest BCUT2D eigenvalue weighted by molar-refractivity contribution is 0.0380. The zero-order chi connectivity index (χ0) is 72.0. The van der Waals surface area contributed by atoms with Crippen molar-refractivity contribution in [3.8, 4) is 34.5 Å². The van der Waals surface area contributed by atoms with Crippen LogP contribution in [0, 0.1) is 11.8 Å². The molecule has 0 saturated carbocycles. The van der Waals surface area contributed by atoms with Crippen LogP contribution in [0.15, 0.2) is 109 Å². The van der Waals surface area contributed by atoms with Crippen LogP contribution in [0.2, 0.25) is 0 Å². The Labute approximate surface area is 606 Å². The lowest BCUT2D eigenvalue weighted by Gasteiger charge is -2.22. The van der Waals surface area contributed by atoms with E-state index in [2.05, 4.69) is 20.1 Å². The molecule has 6 aromatic rings. The molecule has 10 rings (SSSR count). The van der Waals surface area contributed by atoms with Gasteiger partial charge in [0.25, 0.3) is 35.4 Å². The number of aromatic carboxylic acids is 2. The average molecular weight is 1450 g/mol. The summed E-state index contributed by atoms with van der Waals surface area (Å²) < 4.78 is 42.3. The molecule has 4 heterocycles. The van der Waals surface area contributed by atoms with Crippen LogP contribution in [0.1, 0.15) is 224 Å². The molecule has 0 bridgehead atoms. The molecule has 28 heteroatoms. The molecular weight excluding hydrogens is 1350 g/mol. The molecule has 6 amide bonds. The quantitative estimate of drug-likeness (QED) is 0.0186. The molecule has 104 heavy (non-hydrogen) atoms. The summed E-state index contributed by atoms with van der Waals surface area (Å²) in [5, 5.41) is 23.9. The minimum absolute atomic E-state index is 0. The van der Waals surface area contributed by atoms with Gasteiger partial charge in [0.15, 0.2) is 0 Å². The molecule has 4 aliphatic rings. The predicted octanol–water partition coefficient (Wildman–Crippen LogP) is 12.0. The summed E-state index contributed by atoms with van der Waals surface area (Å²) in [6.45, 7) is 18.2. The summed E-state index contributed by atoms with van der Waals surface area (Å²) in [5.41, 5.74) is 11.9. The van der Waals surface area contributed by atoms with E-state index in [1.165, 1.54) is 110 Å². The number of carboxylic acid groups (broad SMARTS) is 2. The first-order valence-corrected chi connectivity index (χ1v) is 30.7. The number of esters is 4. The van der Waals surface area contributed by atoms with Crippen molar-refractivity contribution in [1.29, 1.82) is 0 Å². The van der Waals surface area contributed by atoms with Crippen molar-refractivity contribution in [3.05, 3.63) is 176 Å². The SMILES string of the molecule is C.C.C.C.C.C.CC(C)COCC(C)N1C(=O)c2ccc(Oc3ccc4c(c3)C(=O)N(C)C4=O)cc2C1=O.CC(N)COCC(C)N.CNC(=O)c1cc(Oc2ccc(C(=O)O)c(C(=O)NC(C)COCC(C)C)c2)ccc1C(=O)O.O=C1OC(=O)c2cc(Oc3ccc4c(c3)C(=O)OC4=O)ccc21. The standard InChI is InChI=1S/C24H28N2O8.C24H24N2O6.C16H6O7.C6H16N2O.6CH4/c1-13(2)11-33-12-14(3)26-22(28)20-10-16(6-8-18(20)24(31)32)34-15-5-7-17(23(29)30)19(9-15)21(27)25-4;1-13(2)11-31-12-14(3)26-23(29)18-8-6-16(10-20(18)24(26)30)32-15-5-7-17-19(9-15)22(28)25(4)21(17)27;17-13-9-3-1-7(5-11(9)15(19)22-13)21-8-2-4-10-12(6-8)16(20)23-14(10)18;1-5(7)3-9-4-6(2)8;;;;;;/h5-10,13-14H,11-12H2,1-4H3,(H,25,27)(H,26,28)(H,29,30)(H,31,32);5-10,13-14H,11-12H2,1-4H3;1-6H;5-6H,3-4,7-8H2,1-2H3;6*1H4. The second-order valence-corrected chi connectivity index (χ2v) is 23.8. The highest BCUT2D eigenvalue weighted by atomic mass is 16.6. The zero-order valence-corrected chi connectivity index (χ0v) is 55.2. The lowest BCUT2D eigenvalue weighted by Crippen LogP contribution is -2.40. The summed E-state index contributed by atoms with van der Waals surface area (Å²) in [5.74, 6) is -5.94. The van der Waals surface area contributed by atoms with Gasteiger partial charge in [-0.05, 0) is 149 Å². The van der Waals surface area contributed by atoms with Crippen molar-refractivity contribution < 1.29 is 106 Å². The number of benzene rings is 6. The number of rotatable bonds is 24. The summed E-state index contributed by atoms with van der Waals surface area (Å²) in [6, 6.07) is 25.0. The number of nitrogens with two attached hydrogens (primary N) is 2. The molecule has 0 spiro atoms. The van der Waals surface area contributed by atoms with E-state index in [1.807, 2.05) is 41.5 Å². The van der Waals surface area contributed by atoms with Crippen molar-refractivity contribution >= 4 is 71.3 Å². The molecule has 0 radical (unpaired) electrons. The number of hydrogen-bond donors (Lipinski definition) is 6. The van der Waals surface area contributed by atoms with Gasteiger partial charge in [0.05, 0.1) is 99.2 Å². The van der Waals surface area contributed by atoms with Gasteiger partial charge in [0.2, 0.25) is 0 Å². The lowest BCUT2D eigenvalue weighted by atomic mass is 10.1. The first-order valence-electron chi connectivity index (χ1n) is 30.7. The Morgan fingerprint density at radius 2 is 0.721 bits per heavy atom. The number of amides is 6. The Balaban J connectivity index is 0.000000723. The van der Waals surface area contributed by atoms with E-state index < -0.39 is 65.5 Å². The minimum Gasteiger partial charge on any atom is -0.478 e. The monoisotopic (exact) mass is 1450 g/mol. The molecule has 564 valence electrons. The van der Waals surface area contributed by atoms with Crippen LogP contribution < -0.4 is 36.3 Å². The number of hydrogen-bond acceptors (Lipinski definition) is 22. The second-order valence-electron chi connectivity index (χ2n) is 23.8. The first kappa shape index (κ1) is 91.0. The minimum atomic E-state index is -1.28. The van der Waals surface area contributed by atoms with E-state index in [0.717, 1.165) is 4.90 Å². The van der Waals surface area contributed by atoms with E-state index in [-0.39, 0.29) is 166 Å². The van der Waals surface area contributed by atoms with Gasteiger partial charge in [-0.25, -0.2) is 28.8 Å². The number of carboxylic acids is 2. The van der Waals surface area contributed by atoms with Crippen LogP contribution in [-0.4, -0.2) is 169 Å². The Morgan fingerprint density at radius 1 is 0.404 bits per heavy atom. The molecular formula is C76H98N6O22. The number of nitrogens with zero attached hydrogens (tertiary/aromatic N) is 2.